The van der Waals surface area contributed by atoms with Crippen molar-refractivity contribution in [1.82, 2.24) is 20.5 Å². The van der Waals surface area contributed by atoms with E-state index in [1.807, 2.05) is 31.3 Å². The van der Waals surface area contributed by atoms with Crippen molar-refractivity contribution in [3.05, 3.63) is 30.1 Å². The molecule has 0 unspecified atom stereocenters. The van der Waals surface area contributed by atoms with Crippen LogP contribution in [-0.2, 0) is 6.54 Å². The highest BCUT2D eigenvalue weighted by molar-refractivity contribution is 5.55. The topological polar surface area (TPSA) is 62.8 Å². The molecule has 0 atom stereocenters. The van der Waals surface area contributed by atoms with Gasteiger partial charge in [0, 0.05) is 5.56 Å². The van der Waals surface area contributed by atoms with Gasteiger partial charge in [-0.1, -0.05) is 0 Å². The minimum atomic E-state index is 0.684. The summed E-state index contributed by atoms with van der Waals surface area (Å²) >= 11 is 0. The van der Waals surface area contributed by atoms with Crippen molar-refractivity contribution in [2.24, 2.45) is 0 Å². The summed E-state index contributed by atoms with van der Waals surface area (Å²) in [6.07, 6.45) is 0. The van der Waals surface area contributed by atoms with Gasteiger partial charge in [-0.05, 0) is 31.3 Å². The van der Waals surface area contributed by atoms with Crippen molar-refractivity contribution in [1.29, 1.82) is 0 Å². The fourth-order valence-electron chi connectivity index (χ4n) is 1.41. The van der Waals surface area contributed by atoms with Gasteiger partial charge < -0.3 is 10.1 Å². The predicted octanol–water partition coefficient (Wildman–Crippen LogP) is 1.20. The minimum absolute atomic E-state index is 0.684. The molecule has 2 rings (SSSR count). The first-order chi connectivity index (χ1) is 7.83. The van der Waals surface area contributed by atoms with Gasteiger partial charge in [-0.25, -0.2) is 4.98 Å². The summed E-state index contributed by atoms with van der Waals surface area (Å²) < 4.78 is 5.09. The number of nitrogens with zero attached hydrogens (tertiary/aromatic N) is 2. The second kappa shape index (κ2) is 4.76. The van der Waals surface area contributed by atoms with Crippen LogP contribution in [0, 0.1) is 0 Å². The van der Waals surface area contributed by atoms with E-state index in [1.165, 1.54) is 0 Å². The van der Waals surface area contributed by atoms with Gasteiger partial charge in [0.2, 0.25) is 0 Å². The molecule has 84 valence electrons. The van der Waals surface area contributed by atoms with Crippen LogP contribution in [0.1, 0.15) is 5.82 Å². The van der Waals surface area contributed by atoms with Crippen LogP contribution >= 0.6 is 0 Å². The van der Waals surface area contributed by atoms with Crippen LogP contribution in [0.4, 0.5) is 0 Å². The van der Waals surface area contributed by atoms with Gasteiger partial charge in [0.1, 0.15) is 11.6 Å². The van der Waals surface area contributed by atoms with Crippen molar-refractivity contribution in [2.45, 2.75) is 6.54 Å². The smallest absolute Gasteiger partial charge is 0.181 e. The fourth-order valence-corrected chi connectivity index (χ4v) is 1.41. The Labute approximate surface area is 93.9 Å². The largest absolute Gasteiger partial charge is 0.497 e. The number of aromatic nitrogens is 3. The summed E-state index contributed by atoms with van der Waals surface area (Å²) in [7, 11) is 3.52. The Bertz CT molecular complexity index is 449. The number of aromatic amines is 1. The highest BCUT2D eigenvalue weighted by atomic mass is 16.5. The van der Waals surface area contributed by atoms with Crippen molar-refractivity contribution >= 4 is 0 Å². The molecule has 0 radical (unpaired) electrons. The molecule has 0 saturated carbocycles. The van der Waals surface area contributed by atoms with E-state index < -0.39 is 0 Å². The van der Waals surface area contributed by atoms with E-state index in [9.17, 15) is 0 Å². The van der Waals surface area contributed by atoms with E-state index in [0.717, 1.165) is 17.1 Å². The van der Waals surface area contributed by atoms with Crippen LogP contribution in [-0.4, -0.2) is 29.3 Å². The summed E-state index contributed by atoms with van der Waals surface area (Å²) in [5.74, 6) is 2.36. The molecular formula is C11H14N4O. The van der Waals surface area contributed by atoms with Crippen molar-refractivity contribution in [3.8, 4) is 17.1 Å². The van der Waals surface area contributed by atoms with Gasteiger partial charge in [0.15, 0.2) is 5.82 Å². The normalized spacial score (nSPS) is 10.4. The number of rotatable bonds is 4. The Kier molecular flexibility index (Phi) is 3.16. The van der Waals surface area contributed by atoms with Gasteiger partial charge in [0.05, 0.1) is 13.7 Å². The first-order valence-electron chi connectivity index (χ1n) is 5.04. The molecule has 5 heteroatoms. The summed E-state index contributed by atoms with van der Waals surface area (Å²) in [6, 6.07) is 7.66. The van der Waals surface area contributed by atoms with E-state index in [0.29, 0.717) is 12.4 Å². The maximum absolute atomic E-state index is 5.09. The quantitative estimate of drug-likeness (QED) is 0.809. The zero-order valence-electron chi connectivity index (χ0n) is 9.32. The first kappa shape index (κ1) is 10.6. The van der Waals surface area contributed by atoms with Crippen LogP contribution in [0.25, 0.3) is 11.4 Å². The molecule has 0 aliphatic rings. The molecule has 16 heavy (non-hydrogen) atoms. The zero-order valence-corrected chi connectivity index (χ0v) is 9.32. The molecule has 1 aromatic carbocycles. The number of methoxy groups -OCH3 is 1. The SMILES string of the molecule is CNCc1nc(-c2ccc(OC)cc2)n[nH]1. The van der Waals surface area contributed by atoms with Crippen LogP contribution in [0.15, 0.2) is 24.3 Å². The van der Waals surface area contributed by atoms with E-state index >= 15 is 0 Å². The van der Waals surface area contributed by atoms with Crippen LogP contribution in [0.5, 0.6) is 5.75 Å². The van der Waals surface area contributed by atoms with Gasteiger partial charge in [-0.15, -0.1) is 0 Å². The molecule has 0 bridgehead atoms. The van der Waals surface area contributed by atoms with Crippen molar-refractivity contribution in [2.75, 3.05) is 14.2 Å². The predicted molar refractivity (Wildman–Crippen MR) is 61.1 cm³/mol. The van der Waals surface area contributed by atoms with Crippen LogP contribution < -0.4 is 10.1 Å². The number of hydrogen-bond acceptors (Lipinski definition) is 4. The lowest BCUT2D eigenvalue weighted by Crippen LogP contribution is -2.06. The summed E-state index contributed by atoms with van der Waals surface area (Å²) in [4.78, 5) is 4.36. The molecule has 0 aliphatic heterocycles. The molecule has 2 aromatic rings. The Hall–Kier alpha value is -1.88. The van der Waals surface area contributed by atoms with Crippen molar-refractivity contribution < 1.29 is 4.74 Å². The average Bonchev–Trinajstić information content (AvgIpc) is 2.78. The molecule has 1 heterocycles. The molecule has 0 amide bonds. The second-order valence-corrected chi connectivity index (χ2v) is 3.36. The van der Waals surface area contributed by atoms with E-state index in [2.05, 4.69) is 20.5 Å². The maximum atomic E-state index is 5.09. The van der Waals surface area contributed by atoms with Gasteiger partial charge in [-0.2, -0.15) is 5.10 Å². The number of H-pyrrole nitrogens is 1. The highest BCUT2D eigenvalue weighted by Crippen LogP contribution is 2.18. The number of ether oxygens (including phenoxy) is 1. The number of hydrogen-bond donors (Lipinski definition) is 2. The van der Waals surface area contributed by atoms with E-state index in [1.54, 1.807) is 7.11 Å². The van der Waals surface area contributed by atoms with Gasteiger partial charge >= 0.3 is 0 Å². The summed E-state index contributed by atoms with van der Waals surface area (Å²) in [5, 5.41) is 10.0. The molecule has 5 nitrogen and oxygen atoms in total. The van der Waals surface area contributed by atoms with Crippen LogP contribution in [0.2, 0.25) is 0 Å². The molecule has 0 saturated heterocycles. The lowest BCUT2D eigenvalue weighted by molar-refractivity contribution is 0.415. The third-order valence-electron chi connectivity index (χ3n) is 2.22. The standard InChI is InChI=1S/C11H14N4O/c1-12-7-10-13-11(15-14-10)8-3-5-9(16-2)6-4-8/h3-6,12H,7H2,1-2H3,(H,13,14,15). The lowest BCUT2D eigenvalue weighted by atomic mass is 10.2. The van der Waals surface area contributed by atoms with Crippen LogP contribution in [0.3, 0.4) is 0 Å². The molecule has 1 aromatic heterocycles. The Balaban J connectivity index is 2.21. The molecular weight excluding hydrogens is 204 g/mol. The highest BCUT2D eigenvalue weighted by Gasteiger charge is 2.04. The van der Waals surface area contributed by atoms with Gasteiger partial charge in [0.25, 0.3) is 0 Å². The second-order valence-electron chi connectivity index (χ2n) is 3.36. The average molecular weight is 218 g/mol. The lowest BCUT2D eigenvalue weighted by Gasteiger charge is -1.99. The number of benzene rings is 1. The van der Waals surface area contributed by atoms with Crippen molar-refractivity contribution in [3.63, 3.8) is 0 Å². The molecule has 0 spiro atoms. The molecule has 0 fully saturated rings. The third-order valence-corrected chi connectivity index (χ3v) is 2.22. The Morgan fingerprint density at radius 1 is 1.31 bits per heavy atom. The Morgan fingerprint density at radius 3 is 2.69 bits per heavy atom. The van der Waals surface area contributed by atoms with E-state index in [4.69, 9.17) is 4.74 Å². The summed E-state index contributed by atoms with van der Waals surface area (Å²) in [5.41, 5.74) is 0.972. The zero-order chi connectivity index (χ0) is 11.4. The Morgan fingerprint density at radius 2 is 2.06 bits per heavy atom. The van der Waals surface area contributed by atoms with Gasteiger partial charge in [-0.3, -0.25) is 5.10 Å². The third kappa shape index (κ3) is 2.20. The summed E-state index contributed by atoms with van der Waals surface area (Å²) in [6.45, 7) is 0.684. The maximum Gasteiger partial charge on any atom is 0.181 e. The molecule has 2 N–H and O–H groups in total. The first-order valence-corrected chi connectivity index (χ1v) is 5.04. The minimum Gasteiger partial charge on any atom is -0.497 e. The monoisotopic (exact) mass is 218 g/mol. The number of nitrogens with one attached hydrogen (secondary N) is 2. The van der Waals surface area contributed by atoms with E-state index in [-0.39, 0.29) is 0 Å². The molecule has 0 aliphatic carbocycles. The fraction of sp³-hybridized carbons (Fsp3) is 0.273.